The molecule has 0 bridgehead atoms. The molecule has 0 spiro atoms. The first kappa shape index (κ1) is 13.0. The maximum Gasteiger partial charge on any atom is 0.137 e. The fourth-order valence-corrected chi connectivity index (χ4v) is 1.78. The normalized spacial score (nSPS) is 10.2. The van der Waals surface area contributed by atoms with E-state index in [9.17, 15) is 4.79 Å². The van der Waals surface area contributed by atoms with Crippen molar-refractivity contribution >= 4 is 17.4 Å². The lowest BCUT2D eigenvalue weighted by Gasteiger charge is -2.11. The van der Waals surface area contributed by atoms with E-state index in [1.54, 1.807) is 27.2 Å². The standard InChI is InChI=1S/C12H15ClO3/c1-8(14)4-9-5-11(13)12(16-3)6-10(9)7-15-2/h5-6H,4,7H2,1-3H3. The van der Waals surface area contributed by atoms with Gasteiger partial charge in [0, 0.05) is 13.5 Å². The molecule has 0 aliphatic rings. The lowest BCUT2D eigenvalue weighted by Crippen LogP contribution is -2.03. The van der Waals surface area contributed by atoms with Crippen molar-refractivity contribution < 1.29 is 14.3 Å². The molecule has 3 nitrogen and oxygen atoms in total. The number of Topliss-reactive ketones (excluding diaryl/α,β-unsaturated/α-hetero) is 1. The van der Waals surface area contributed by atoms with Gasteiger partial charge in [-0.3, -0.25) is 4.79 Å². The third-order valence-electron chi connectivity index (χ3n) is 2.21. The summed E-state index contributed by atoms with van der Waals surface area (Å²) < 4.78 is 10.2. The molecule has 1 rings (SSSR count). The highest BCUT2D eigenvalue weighted by molar-refractivity contribution is 6.32. The molecular formula is C12H15ClO3. The van der Waals surface area contributed by atoms with E-state index in [1.807, 2.05) is 6.07 Å². The second kappa shape index (κ2) is 5.87. The fraction of sp³-hybridized carbons (Fsp3) is 0.417. The largest absolute Gasteiger partial charge is 0.495 e. The van der Waals surface area contributed by atoms with Crippen molar-refractivity contribution in [3.63, 3.8) is 0 Å². The first-order chi connectivity index (χ1) is 7.58. The molecule has 4 heteroatoms. The lowest BCUT2D eigenvalue weighted by atomic mass is 10.0. The van der Waals surface area contributed by atoms with Gasteiger partial charge in [0.1, 0.15) is 11.5 Å². The number of hydrogen-bond donors (Lipinski definition) is 0. The number of carbonyl (C=O) groups is 1. The molecule has 1 aromatic carbocycles. The summed E-state index contributed by atoms with van der Waals surface area (Å²) in [5.41, 5.74) is 1.82. The summed E-state index contributed by atoms with van der Waals surface area (Å²) in [6.07, 6.45) is 0.363. The maximum atomic E-state index is 11.1. The van der Waals surface area contributed by atoms with E-state index in [0.717, 1.165) is 11.1 Å². The average Bonchev–Trinajstić information content (AvgIpc) is 2.21. The van der Waals surface area contributed by atoms with Gasteiger partial charge in [-0.25, -0.2) is 0 Å². The quantitative estimate of drug-likeness (QED) is 0.796. The van der Waals surface area contributed by atoms with Crippen molar-refractivity contribution in [1.29, 1.82) is 0 Å². The van der Waals surface area contributed by atoms with Crippen LogP contribution in [-0.2, 0) is 22.6 Å². The van der Waals surface area contributed by atoms with Gasteiger partial charge in [0.15, 0.2) is 0 Å². The predicted octanol–water partition coefficient (Wildman–Crippen LogP) is 2.63. The van der Waals surface area contributed by atoms with Gasteiger partial charge in [-0.1, -0.05) is 11.6 Å². The predicted molar refractivity (Wildman–Crippen MR) is 63.1 cm³/mol. The van der Waals surface area contributed by atoms with Crippen LogP contribution in [0.4, 0.5) is 0 Å². The number of methoxy groups -OCH3 is 2. The molecule has 0 unspecified atom stereocenters. The van der Waals surface area contributed by atoms with Crippen LogP contribution in [0.15, 0.2) is 12.1 Å². The van der Waals surface area contributed by atoms with E-state index in [2.05, 4.69) is 0 Å². The van der Waals surface area contributed by atoms with Crippen LogP contribution in [0.3, 0.4) is 0 Å². The SMILES string of the molecule is COCc1cc(OC)c(Cl)cc1CC(C)=O. The highest BCUT2D eigenvalue weighted by Gasteiger charge is 2.10. The van der Waals surface area contributed by atoms with E-state index in [4.69, 9.17) is 21.1 Å². The first-order valence-electron chi connectivity index (χ1n) is 4.92. The van der Waals surface area contributed by atoms with Gasteiger partial charge >= 0.3 is 0 Å². The maximum absolute atomic E-state index is 11.1. The number of hydrogen-bond acceptors (Lipinski definition) is 3. The van der Waals surface area contributed by atoms with Crippen LogP contribution in [0.5, 0.6) is 5.75 Å². The van der Waals surface area contributed by atoms with Gasteiger partial charge in [0.05, 0.1) is 18.7 Å². The number of rotatable bonds is 5. The molecule has 0 radical (unpaired) electrons. The molecule has 0 saturated carbocycles. The number of ketones is 1. The van der Waals surface area contributed by atoms with Crippen LogP contribution in [-0.4, -0.2) is 20.0 Å². The van der Waals surface area contributed by atoms with E-state index in [1.165, 1.54) is 0 Å². The Balaban J connectivity index is 3.13. The Hall–Kier alpha value is -1.06. The van der Waals surface area contributed by atoms with Gasteiger partial charge < -0.3 is 9.47 Å². The third kappa shape index (κ3) is 3.22. The fourth-order valence-electron chi connectivity index (χ4n) is 1.52. The van der Waals surface area contributed by atoms with E-state index < -0.39 is 0 Å². The highest BCUT2D eigenvalue weighted by Crippen LogP contribution is 2.28. The topological polar surface area (TPSA) is 35.5 Å². The Morgan fingerprint density at radius 1 is 1.31 bits per heavy atom. The van der Waals surface area contributed by atoms with Crippen LogP contribution < -0.4 is 4.74 Å². The summed E-state index contributed by atoms with van der Waals surface area (Å²) in [6, 6.07) is 3.57. The van der Waals surface area contributed by atoms with E-state index in [-0.39, 0.29) is 5.78 Å². The Labute approximate surface area is 100 Å². The monoisotopic (exact) mass is 242 g/mol. The van der Waals surface area contributed by atoms with Crippen LogP contribution in [0.1, 0.15) is 18.1 Å². The lowest BCUT2D eigenvalue weighted by molar-refractivity contribution is -0.116. The number of carbonyl (C=O) groups excluding carboxylic acids is 1. The molecule has 1 aromatic rings. The molecule has 0 N–H and O–H groups in total. The molecule has 0 heterocycles. The second-order valence-corrected chi connectivity index (χ2v) is 3.97. The van der Waals surface area contributed by atoms with Crippen molar-refractivity contribution in [3.8, 4) is 5.75 Å². The van der Waals surface area contributed by atoms with Crippen molar-refractivity contribution in [2.45, 2.75) is 20.0 Å². The van der Waals surface area contributed by atoms with Crippen LogP contribution >= 0.6 is 11.6 Å². The van der Waals surface area contributed by atoms with Gasteiger partial charge in [0.2, 0.25) is 0 Å². The minimum Gasteiger partial charge on any atom is -0.495 e. The van der Waals surface area contributed by atoms with Crippen molar-refractivity contribution in [1.82, 2.24) is 0 Å². The summed E-state index contributed by atoms with van der Waals surface area (Å²) in [5.74, 6) is 0.694. The Morgan fingerprint density at radius 2 is 2.00 bits per heavy atom. The van der Waals surface area contributed by atoms with E-state index in [0.29, 0.717) is 23.8 Å². The van der Waals surface area contributed by atoms with Crippen LogP contribution in [0, 0.1) is 0 Å². The molecule has 88 valence electrons. The second-order valence-electron chi connectivity index (χ2n) is 3.57. The zero-order valence-electron chi connectivity index (χ0n) is 9.67. The molecule has 0 aliphatic carbocycles. The van der Waals surface area contributed by atoms with Gasteiger partial charge in [-0.05, 0) is 30.2 Å². The zero-order chi connectivity index (χ0) is 12.1. The van der Waals surface area contributed by atoms with Crippen molar-refractivity contribution in [2.75, 3.05) is 14.2 Å². The summed E-state index contributed by atoms with van der Waals surface area (Å²) in [7, 11) is 3.17. The minimum absolute atomic E-state index is 0.0959. The van der Waals surface area contributed by atoms with E-state index >= 15 is 0 Å². The van der Waals surface area contributed by atoms with Gasteiger partial charge in [-0.2, -0.15) is 0 Å². The van der Waals surface area contributed by atoms with Crippen molar-refractivity contribution in [3.05, 3.63) is 28.3 Å². The molecule has 16 heavy (non-hydrogen) atoms. The zero-order valence-corrected chi connectivity index (χ0v) is 10.4. The number of ether oxygens (including phenoxy) is 2. The molecular weight excluding hydrogens is 228 g/mol. The Kier molecular flexibility index (Phi) is 4.77. The Bertz CT molecular complexity index is 388. The molecule has 0 aromatic heterocycles. The third-order valence-corrected chi connectivity index (χ3v) is 2.51. The molecule has 0 atom stereocenters. The average molecular weight is 243 g/mol. The van der Waals surface area contributed by atoms with Gasteiger partial charge in [0.25, 0.3) is 0 Å². The molecule has 0 aliphatic heterocycles. The molecule has 0 fully saturated rings. The summed E-state index contributed by atoms with van der Waals surface area (Å²) in [5, 5.41) is 0.513. The van der Waals surface area contributed by atoms with Crippen LogP contribution in [0.25, 0.3) is 0 Å². The number of benzene rings is 1. The summed E-state index contributed by atoms with van der Waals surface area (Å²) in [4.78, 5) is 11.1. The number of halogens is 1. The highest BCUT2D eigenvalue weighted by atomic mass is 35.5. The van der Waals surface area contributed by atoms with Crippen molar-refractivity contribution in [2.24, 2.45) is 0 Å². The molecule has 0 amide bonds. The van der Waals surface area contributed by atoms with Crippen LogP contribution in [0.2, 0.25) is 5.02 Å². The first-order valence-corrected chi connectivity index (χ1v) is 5.30. The summed E-state index contributed by atoms with van der Waals surface area (Å²) >= 11 is 6.01. The smallest absolute Gasteiger partial charge is 0.137 e. The summed E-state index contributed by atoms with van der Waals surface area (Å²) in [6.45, 7) is 1.99. The molecule has 0 saturated heterocycles. The minimum atomic E-state index is 0.0959. The van der Waals surface area contributed by atoms with Gasteiger partial charge in [-0.15, -0.1) is 0 Å². The Morgan fingerprint density at radius 3 is 2.50 bits per heavy atom.